The molecule has 8 nitrogen and oxygen atoms in total. The molecule has 0 aliphatic rings. The molecule has 0 atom stereocenters. The molecular weight excluding hydrogens is 392 g/mol. The van der Waals surface area contributed by atoms with Gasteiger partial charge in [-0.3, -0.25) is 9.78 Å². The van der Waals surface area contributed by atoms with Crippen LogP contribution < -0.4 is 5.32 Å². The van der Waals surface area contributed by atoms with Gasteiger partial charge in [-0.1, -0.05) is 53.0 Å². The minimum atomic E-state index is 0.00849. The molecule has 3 aromatic rings. The van der Waals surface area contributed by atoms with Crippen LogP contribution in [-0.4, -0.2) is 43.5 Å². The van der Waals surface area contributed by atoms with Gasteiger partial charge in [0.15, 0.2) is 8.68 Å². The molecular formula is C15H16N6O2S3. The minimum Gasteiger partial charge on any atom is -0.355 e. The van der Waals surface area contributed by atoms with Gasteiger partial charge in [-0.2, -0.15) is 4.98 Å². The van der Waals surface area contributed by atoms with E-state index in [1.54, 1.807) is 6.20 Å². The number of hydrogen-bond donors (Lipinski definition) is 1. The highest BCUT2D eigenvalue weighted by Crippen LogP contribution is 2.30. The van der Waals surface area contributed by atoms with Crippen molar-refractivity contribution in [2.75, 3.05) is 12.3 Å². The zero-order valence-electron chi connectivity index (χ0n) is 13.9. The van der Waals surface area contributed by atoms with E-state index in [0.29, 0.717) is 35.5 Å². The second kappa shape index (κ2) is 9.64. The Morgan fingerprint density at radius 3 is 2.88 bits per heavy atom. The molecule has 26 heavy (non-hydrogen) atoms. The Labute approximate surface area is 162 Å². The number of nitrogens with one attached hydrogen (secondary N) is 1. The molecule has 11 heteroatoms. The van der Waals surface area contributed by atoms with Crippen LogP contribution in [-0.2, 0) is 10.5 Å². The van der Waals surface area contributed by atoms with Crippen molar-refractivity contribution in [3.05, 3.63) is 30.3 Å². The maximum absolute atomic E-state index is 11.6. The second-order valence-corrected chi connectivity index (χ2v) is 8.41. The van der Waals surface area contributed by atoms with E-state index in [4.69, 9.17) is 4.52 Å². The average Bonchev–Trinajstić information content (AvgIpc) is 3.33. The van der Waals surface area contributed by atoms with Crippen molar-refractivity contribution in [1.29, 1.82) is 0 Å². The van der Waals surface area contributed by atoms with E-state index < -0.39 is 0 Å². The van der Waals surface area contributed by atoms with Gasteiger partial charge < -0.3 is 9.84 Å². The lowest BCUT2D eigenvalue weighted by molar-refractivity contribution is -0.118. The van der Waals surface area contributed by atoms with Crippen molar-refractivity contribution in [2.45, 2.75) is 27.8 Å². The molecule has 0 saturated heterocycles. The number of carbonyl (C=O) groups excluding carboxylic acids is 1. The quantitative estimate of drug-likeness (QED) is 0.535. The Kier molecular flexibility index (Phi) is 6.97. The van der Waals surface area contributed by atoms with Crippen LogP contribution in [0.4, 0.5) is 0 Å². The maximum atomic E-state index is 11.6. The normalized spacial score (nSPS) is 10.8. The van der Waals surface area contributed by atoms with E-state index in [-0.39, 0.29) is 5.91 Å². The number of pyridine rings is 1. The lowest BCUT2D eigenvalue weighted by Crippen LogP contribution is -2.25. The number of rotatable bonds is 9. The molecule has 1 amide bonds. The Morgan fingerprint density at radius 1 is 1.27 bits per heavy atom. The average molecular weight is 409 g/mol. The summed E-state index contributed by atoms with van der Waals surface area (Å²) in [5.74, 6) is 1.81. The van der Waals surface area contributed by atoms with Crippen LogP contribution in [0.15, 0.2) is 37.6 Å². The molecule has 0 radical (unpaired) electrons. The highest BCUT2D eigenvalue weighted by molar-refractivity contribution is 8.03. The van der Waals surface area contributed by atoms with E-state index in [2.05, 4.69) is 30.6 Å². The van der Waals surface area contributed by atoms with Crippen LogP contribution >= 0.6 is 34.9 Å². The molecule has 0 unspecified atom stereocenters. The van der Waals surface area contributed by atoms with Gasteiger partial charge in [-0.05, 0) is 18.6 Å². The maximum Gasteiger partial charge on any atom is 0.237 e. The molecule has 0 aromatic carbocycles. The number of carbonyl (C=O) groups is 1. The van der Waals surface area contributed by atoms with Gasteiger partial charge in [0.2, 0.25) is 17.6 Å². The summed E-state index contributed by atoms with van der Waals surface area (Å²) in [6.45, 7) is 2.71. The summed E-state index contributed by atoms with van der Waals surface area (Å²) in [5.41, 5.74) is 0.670. The molecule has 0 bridgehead atoms. The van der Waals surface area contributed by atoms with Gasteiger partial charge in [-0.25, -0.2) is 0 Å². The minimum absolute atomic E-state index is 0.00849. The molecule has 3 rings (SSSR count). The Morgan fingerprint density at radius 2 is 2.12 bits per heavy atom. The van der Waals surface area contributed by atoms with E-state index in [0.717, 1.165) is 15.1 Å². The van der Waals surface area contributed by atoms with Gasteiger partial charge in [0.05, 0.1) is 11.5 Å². The van der Waals surface area contributed by atoms with Crippen LogP contribution in [0.3, 0.4) is 0 Å². The monoisotopic (exact) mass is 408 g/mol. The fourth-order valence-electron chi connectivity index (χ4n) is 1.79. The largest absolute Gasteiger partial charge is 0.355 e. The first-order valence-electron chi connectivity index (χ1n) is 7.84. The SMILES string of the molecule is CCCNC(=O)CSc1nnc(SCc2nc(-c3ccccn3)no2)s1. The van der Waals surface area contributed by atoms with Crippen LogP contribution in [0.2, 0.25) is 0 Å². The summed E-state index contributed by atoms with van der Waals surface area (Å²) in [4.78, 5) is 20.1. The zero-order valence-corrected chi connectivity index (χ0v) is 16.4. The number of thioether (sulfide) groups is 2. The van der Waals surface area contributed by atoms with Crippen molar-refractivity contribution < 1.29 is 9.32 Å². The van der Waals surface area contributed by atoms with Gasteiger partial charge in [0.1, 0.15) is 5.69 Å². The molecule has 0 saturated carbocycles. The summed E-state index contributed by atoms with van der Waals surface area (Å²) < 4.78 is 6.79. The molecule has 0 spiro atoms. The van der Waals surface area contributed by atoms with E-state index in [1.165, 1.54) is 34.9 Å². The standard InChI is InChI=1S/C15H16N6O2S3/c1-2-6-17-11(22)8-24-14-19-20-15(26-14)25-9-12-18-13(21-23-12)10-5-3-4-7-16-10/h3-5,7H,2,6,8-9H2,1H3,(H,17,22). The fourth-order valence-corrected chi connectivity index (χ4v) is 4.48. The summed E-state index contributed by atoms with van der Waals surface area (Å²) in [6, 6.07) is 5.53. The third kappa shape index (κ3) is 5.51. The van der Waals surface area contributed by atoms with E-state index in [1.807, 2.05) is 25.1 Å². The van der Waals surface area contributed by atoms with Crippen molar-refractivity contribution >= 4 is 40.8 Å². The highest BCUT2D eigenvalue weighted by atomic mass is 32.2. The number of amides is 1. The van der Waals surface area contributed by atoms with Crippen molar-refractivity contribution in [1.82, 2.24) is 30.6 Å². The van der Waals surface area contributed by atoms with Crippen LogP contribution in [0.25, 0.3) is 11.5 Å². The first-order chi connectivity index (χ1) is 12.7. The summed E-state index contributed by atoms with van der Waals surface area (Å²) >= 11 is 4.29. The summed E-state index contributed by atoms with van der Waals surface area (Å²) in [5, 5.41) is 15.0. The van der Waals surface area contributed by atoms with Crippen LogP contribution in [0, 0.1) is 0 Å². The number of aromatic nitrogens is 5. The molecule has 0 aliphatic carbocycles. The Hall–Kier alpha value is -1.98. The lowest BCUT2D eigenvalue weighted by Gasteiger charge is -2.00. The third-order valence-corrected chi connectivity index (χ3v) is 6.14. The molecule has 3 heterocycles. The molecule has 1 N–H and O–H groups in total. The van der Waals surface area contributed by atoms with Gasteiger partial charge >= 0.3 is 0 Å². The summed E-state index contributed by atoms with van der Waals surface area (Å²) in [6.07, 6.45) is 2.61. The Balaban J connectivity index is 1.48. The van der Waals surface area contributed by atoms with Crippen molar-refractivity contribution in [2.24, 2.45) is 0 Å². The second-order valence-electron chi connectivity index (χ2n) is 4.99. The van der Waals surface area contributed by atoms with E-state index in [9.17, 15) is 4.79 Å². The first-order valence-corrected chi connectivity index (χ1v) is 10.6. The predicted octanol–water partition coefficient (Wildman–Crippen LogP) is 2.89. The van der Waals surface area contributed by atoms with Gasteiger partial charge in [0.25, 0.3) is 0 Å². The first kappa shape index (κ1) is 18.8. The van der Waals surface area contributed by atoms with Crippen molar-refractivity contribution in [3.8, 4) is 11.5 Å². The highest BCUT2D eigenvalue weighted by Gasteiger charge is 2.12. The molecule has 3 aromatic heterocycles. The topological polar surface area (TPSA) is 107 Å². The lowest BCUT2D eigenvalue weighted by atomic mass is 10.3. The van der Waals surface area contributed by atoms with E-state index >= 15 is 0 Å². The third-order valence-electron chi connectivity index (χ3n) is 2.97. The smallest absolute Gasteiger partial charge is 0.237 e. The van der Waals surface area contributed by atoms with Gasteiger partial charge in [0, 0.05) is 12.7 Å². The molecule has 0 fully saturated rings. The van der Waals surface area contributed by atoms with Gasteiger partial charge in [-0.15, -0.1) is 10.2 Å². The Bertz CT molecular complexity index is 839. The zero-order chi connectivity index (χ0) is 18.2. The number of nitrogens with zero attached hydrogens (tertiary/aromatic N) is 5. The fraction of sp³-hybridized carbons (Fsp3) is 0.333. The molecule has 0 aliphatic heterocycles. The number of hydrogen-bond acceptors (Lipinski definition) is 10. The predicted molar refractivity (Wildman–Crippen MR) is 101 cm³/mol. The molecule has 136 valence electrons. The summed E-state index contributed by atoms with van der Waals surface area (Å²) in [7, 11) is 0. The van der Waals surface area contributed by atoms with Crippen molar-refractivity contribution in [3.63, 3.8) is 0 Å². The van der Waals surface area contributed by atoms with Crippen LogP contribution in [0.1, 0.15) is 19.2 Å². The van der Waals surface area contributed by atoms with Crippen LogP contribution in [0.5, 0.6) is 0 Å².